The summed E-state index contributed by atoms with van der Waals surface area (Å²) in [7, 11) is -3.50. The Morgan fingerprint density at radius 1 is 0.909 bits per heavy atom. The summed E-state index contributed by atoms with van der Waals surface area (Å²) in [6, 6.07) is 0. The van der Waals surface area contributed by atoms with Gasteiger partial charge in [0.25, 0.3) is 10.1 Å². The summed E-state index contributed by atoms with van der Waals surface area (Å²) >= 11 is 0. The molecule has 3 N–H and O–H groups in total. The number of carboxylic acid groups (broad SMARTS) is 1. The van der Waals surface area contributed by atoms with Crippen LogP contribution in [-0.2, 0) is 19.1 Å². The van der Waals surface area contributed by atoms with Gasteiger partial charge < -0.3 is 15.5 Å². The van der Waals surface area contributed by atoms with Crippen LogP contribution in [0.2, 0.25) is 0 Å². The van der Waals surface area contributed by atoms with Crippen LogP contribution in [0.25, 0.3) is 0 Å². The second-order valence-corrected chi connectivity index (χ2v) is 23.0. The first kappa shape index (κ1) is 41.6. The standard InChI is InChI=1S/C46H72FNO6S/c1-30(2)33-15-24-46(48-28-27-45(51)22-13-32(14-23-45)54-55(8,52)53)26-25-42(6)35(38(33)46)9-10-37-41(5)18-16-34(40(3,4)36(41)17-19-43(37,42)7)31-11-20-44(29-47,21-12-31)39(49)50/h11,16,32-33,35-38,48,51H,1,9-10,12-15,17-29H2,2-8H3,(H,49,50)/t32?,33-,35+,36-,37+,38+,41-,42+,43+,44?,45?,46-/m0/s1. The lowest BCUT2D eigenvalue weighted by molar-refractivity contribution is -0.221. The van der Waals surface area contributed by atoms with Gasteiger partial charge in [0.1, 0.15) is 6.67 Å². The fourth-order valence-electron chi connectivity index (χ4n) is 15.4. The molecular formula is C46H72FNO6S. The zero-order valence-corrected chi connectivity index (χ0v) is 35.9. The summed E-state index contributed by atoms with van der Waals surface area (Å²) in [6.07, 6.45) is 20.2. The van der Waals surface area contributed by atoms with Crippen LogP contribution in [0.15, 0.2) is 35.5 Å². The molecule has 0 bridgehead atoms. The number of rotatable bonds is 10. The Bertz CT molecular complexity index is 1710. The van der Waals surface area contributed by atoms with Gasteiger partial charge in [-0.3, -0.25) is 8.98 Å². The molecular weight excluding hydrogens is 714 g/mol. The van der Waals surface area contributed by atoms with Gasteiger partial charge in [0.15, 0.2) is 0 Å². The van der Waals surface area contributed by atoms with E-state index in [9.17, 15) is 27.8 Å². The fourth-order valence-corrected chi connectivity index (χ4v) is 16.1. The highest BCUT2D eigenvalue weighted by molar-refractivity contribution is 7.86. The Morgan fingerprint density at radius 2 is 1.62 bits per heavy atom. The highest BCUT2D eigenvalue weighted by Crippen LogP contribution is 2.76. The third kappa shape index (κ3) is 6.67. The number of nitrogens with one attached hydrogen (secondary N) is 1. The topological polar surface area (TPSA) is 113 Å². The van der Waals surface area contributed by atoms with E-state index in [0.29, 0.717) is 74.5 Å². The molecule has 9 heteroatoms. The van der Waals surface area contributed by atoms with E-state index in [1.165, 1.54) is 55.2 Å². The summed E-state index contributed by atoms with van der Waals surface area (Å²) in [5.74, 6) is 1.76. The van der Waals surface area contributed by atoms with Gasteiger partial charge in [-0.25, -0.2) is 4.39 Å². The number of allylic oxidation sites excluding steroid dienone is 5. The summed E-state index contributed by atoms with van der Waals surface area (Å²) in [4.78, 5) is 12.0. The molecule has 7 rings (SSSR count). The number of carboxylic acids is 1. The van der Waals surface area contributed by atoms with Gasteiger partial charge in [0, 0.05) is 5.54 Å². The summed E-state index contributed by atoms with van der Waals surface area (Å²) in [5.41, 5.74) is 2.50. The van der Waals surface area contributed by atoms with E-state index in [4.69, 9.17) is 4.18 Å². The molecule has 5 fully saturated rings. The number of hydrogen-bond acceptors (Lipinski definition) is 6. The molecule has 0 aromatic rings. The van der Waals surface area contributed by atoms with Crippen molar-refractivity contribution < 1.29 is 32.0 Å². The third-order valence-corrected chi connectivity index (χ3v) is 19.2. The highest BCUT2D eigenvalue weighted by Gasteiger charge is 2.70. The third-order valence-electron chi connectivity index (χ3n) is 18.6. The summed E-state index contributed by atoms with van der Waals surface area (Å²) < 4.78 is 42.6. The van der Waals surface area contributed by atoms with Gasteiger partial charge in [0.05, 0.1) is 23.4 Å². The van der Waals surface area contributed by atoms with Crippen molar-refractivity contribution in [2.24, 2.45) is 56.7 Å². The Labute approximate surface area is 331 Å². The van der Waals surface area contributed by atoms with Gasteiger partial charge in [-0.15, -0.1) is 0 Å². The average molecular weight is 786 g/mol. The van der Waals surface area contributed by atoms with Crippen LogP contribution in [0.4, 0.5) is 4.39 Å². The zero-order chi connectivity index (χ0) is 40.0. The minimum Gasteiger partial charge on any atom is -0.481 e. The Balaban J connectivity index is 1.10. The van der Waals surface area contributed by atoms with Crippen LogP contribution in [0.3, 0.4) is 0 Å². The zero-order valence-electron chi connectivity index (χ0n) is 35.1. The molecule has 1 unspecified atom stereocenters. The molecule has 10 atom stereocenters. The van der Waals surface area contributed by atoms with Crippen molar-refractivity contribution in [2.45, 2.75) is 168 Å². The van der Waals surface area contributed by atoms with E-state index in [1.807, 2.05) is 0 Å². The predicted octanol–water partition coefficient (Wildman–Crippen LogP) is 9.71. The van der Waals surface area contributed by atoms with Gasteiger partial charge in [-0.1, -0.05) is 58.9 Å². The number of aliphatic hydroxyl groups is 1. The summed E-state index contributed by atoms with van der Waals surface area (Å²) in [5, 5.41) is 25.6. The molecule has 0 saturated heterocycles. The normalized spacial score (nSPS) is 46.6. The molecule has 310 valence electrons. The van der Waals surface area contributed by atoms with Crippen LogP contribution in [0.1, 0.15) is 151 Å². The molecule has 55 heavy (non-hydrogen) atoms. The second kappa shape index (κ2) is 14.0. The number of hydrogen-bond donors (Lipinski definition) is 3. The molecule has 7 nitrogen and oxygen atoms in total. The molecule has 0 radical (unpaired) electrons. The SMILES string of the molecule is C=C(C)[C@@H]1CC[C@]2(NCCC3(O)CCC(OS(C)(=O)=O)CC3)CC[C@]3(C)[C@H](CC[C@@H]4[C@@]5(C)CC=C(C6=CCC(CF)(C(=O)O)CC6)C(C)(C)[C@@H]5CC[C@]43C)[C@@H]12. The Morgan fingerprint density at radius 3 is 2.22 bits per heavy atom. The number of halogens is 1. The quantitative estimate of drug-likeness (QED) is 0.149. The van der Waals surface area contributed by atoms with E-state index in [1.54, 1.807) is 0 Å². The van der Waals surface area contributed by atoms with Crippen molar-refractivity contribution in [3.63, 3.8) is 0 Å². The molecule has 0 spiro atoms. The molecule has 0 aromatic heterocycles. The lowest BCUT2D eigenvalue weighted by Gasteiger charge is -2.72. The minimum absolute atomic E-state index is 0.0387. The van der Waals surface area contributed by atoms with Crippen LogP contribution < -0.4 is 5.32 Å². The molecule has 5 saturated carbocycles. The number of aliphatic carboxylic acids is 1. The maximum absolute atomic E-state index is 14.0. The van der Waals surface area contributed by atoms with E-state index in [-0.39, 0.29) is 39.7 Å². The first-order chi connectivity index (χ1) is 25.6. The maximum atomic E-state index is 14.0. The Hall–Kier alpha value is -1.55. The number of alkyl halides is 1. The van der Waals surface area contributed by atoms with Crippen molar-refractivity contribution in [1.29, 1.82) is 0 Å². The van der Waals surface area contributed by atoms with Crippen molar-refractivity contribution in [2.75, 3.05) is 19.5 Å². The molecule has 0 aromatic carbocycles. The van der Waals surface area contributed by atoms with Gasteiger partial charge in [-0.05, 0) is 185 Å². The smallest absolute Gasteiger partial charge is 0.312 e. The average Bonchev–Trinajstić information content (AvgIpc) is 3.49. The fraction of sp³-hybridized carbons (Fsp3) is 0.848. The van der Waals surface area contributed by atoms with Gasteiger partial charge in [-0.2, -0.15) is 8.42 Å². The van der Waals surface area contributed by atoms with Crippen molar-refractivity contribution >= 4 is 16.1 Å². The Kier molecular flexibility index (Phi) is 10.6. The van der Waals surface area contributed by atoms with Gasteiger partial charge >= 0.3 is 5.97 Å². The molecule has 0 amide bonds. The largest absolute Gasteiger partial charge is 0.481 e. The monoisotopic (exact) mass is 786 g/mol. The second-order valence-electron chi connectivity index (χ2n) is 21.4. The molecule has 0 heterocycles. The van der Waals surface area contributed by atoms with Crippen LogP contribution >= 0.6 is 0 Å². The van der Waals surface area contributed by atoms with Crippen LogP contribution in [-0.4, -0.2) is 61.3 Å². The van der Waals surface area contributed by atoms with Crippen molar-refractivity contribution in [3.05, 3.63) is 35.5 Å². The van der Waals surface area contributed by atoms with E-state index < -0.39 is 33.8 Å². The highest BCUT2D eigenvalue weighted by atomic mass is 32.2. The summed E-state index contributed by atoms with van der Waals surface area (Å²) in [6.45, 7) is 19.6. The molecule has 7 aliphatic carbocycles. The molecule has 7 aliphatic rings. The van der Waals surface area contributed by atoms with Crippen LogP contribution in [0.5, 0.6) is 0 Å². The lowest BCUT2D eigenvalue weighted by Crippen LogP contribution is -2.68. The van der Waals surface area contributed by atoms with Gasteiger partial charge in [0.2, 0.25) is 0 Å². The first-order valence-electron chi connectivity index (χ1n) is 21.8. The minimum atomic E-state index is -3.50. The first-order valence-corrected chi connectivity index (χ1v) is 23.6. The number of carbonyl (C=O) groups is 1. The van der Waals surface area contributed by atoms with E-state index in [2.05, 4.69) is 65.6 Å². The van der Waals surface area contributed by atoms with Crippen molar-refractivity contribution in [3.8, 4) is 0 Å². The van der Waals surface area contributed by atoms with Crippen molar-refractivity contribution in [1.82, 2.24) is 5.32 Å². The maximum Gasteiger partial charge on any atom is 0.312 e. The lowest BCUT2D eigenvalue weighted by atomic mass is 9.33. The van der Waals surface area contributed by atoms with E-state index in [0.717, 1.165) is 32.1 Å². The van der Waals surface area contributed by atoms with E-state index >= 15 is 0 Å². The van der Waals surface area contributed by atoms with Crippen LogP contribution in [0, 0.1) is 56.7 Å². The number of fused-ring (bicyclic) bond motifs is 7. The predicted molar refractivity (Wildman–Crippen MR) is 216 cm³/mol. The molecule has 0 aliphatic heterocycles.